The van der Waals surface area contributed by atoms with E-state index in [1.165, 1.54) is 19.3 Å². The smallest absolute Gasteiger partial charge is 0.130 e. The minimum absolute atomic E-state index is 0.305. The molecule has 0 aromatic heterocycles. The maximum Gasteiger partial charge on any atom is 0.130 e. The van der Waals surface area contributed by atoms with Gasteiger partial charge in [-0.05, 0) is 31.4 Å². The lowest BCUT2D eigenvalue weighted by molar-refractivity contribution is 0.275. The first kappa shape index (κ1) is 13.2. The number of aryl methyl sites for hydroxylation is 1. The van der Waals surface area contributed by atoms with Gasteiger partial charge >= 0.3 is 0 Å². The van der Waals surface area contributed by atoms with E-state index in [4.69, 9.17) is 15.2 Å². The SMILES string of the molecule is COc1ccc(C)c(OC)c1C1(N)CCCCC1. The van der Waals surface area contributed by atoms with Gasteiger partial charge in [0.25, 0.3) is 0 Å². The second-order valence-electron chi connectivity index (χ2n) is 5.21. The van der Waals surface area contributed by atoms with Crippen molar-refractivity contribution in [3.63, 3.8) is 0 Å². The summed E-state index contributed by atoms with van der Waals surface area (Å²) in [5, 5.41) is 0. The van der Waals surface area contributed by atoms with Crippen molar-refractivity contribution < 1.29 is 9.47 Å². The normalized spacial score (nSPS) is 18.4. The zero-order valence-electron chi connectivity index (χ0n) is 11.6. The number of rotatable bonds is 3. The van der Waals surface area contributed by atoms with Crippen LogP contribution >= 0.6 is 0 Å². The Morgan fingerprint density at radius 2 is 1.72 bits per heavy atom. The quantitative estimate of drug-likeness (QED) is 0.895. The molecule has 1 aromatic rings. The Hall–Kier alpha value is -1.22. The zero-order chi connectivity index (χ0) is 13.2. The van der Waals surface area contributed by atoms with Crippen molar-refractivity contribution in [2.24, 2.45) is 5.73 Å². The molecule has 100 valence electrons. The molecule has 0 heterocycles. The second-order valence-corrected chi connectivity index (χ2v) is 5.21. The molecular formula is C15H23NO2. The summed E-state index contributed by atoms with van der Waals surface area (Å²) in [6.45, 7) is 2.05. The molecule has 0 radical (unpaired) electrons. The average Bonchev–Trinajstić information content (AvgIpc) is 2.39. The van der Waals surface area contributed by atoms with Crippen molar-refractivity contribution in [1.82, 2.24) is 0 Å². The summed E-state index contributed by atoms with van der Waals surface area (Å²) >= 11 is 0. The first-order chi connectivity index (χ1) is 8.62. The first-order valence-electron chi connectivity index (χ1n) is 6.63. The van der Waals surface area contributed by atoms with Crippen LogP contribution < -0.4 is 15.2 Å². The van der Waals surface area contributed by atoms with Gasteiger partial charge in [-0.25, -0.2) is 0 Å². The number of hydrogen-bond donors (Lipinski definition) is 1. The van der Waals surface area contributed by atoms with Crippen LogP contribution in [0.15, 0.2) is 12.1 Å². The molecule has 1 aromatic carbocycles. The highest BCUT2D eigenvalue weighted by atomic mass is 16.5. The van der Waals surface area contributed by atoms with Gasteiger partial charge in [0.05, 0.1) is 19.8 Å². The number of hydrogen-bond acceptors (Lipinski definition) is 3. The molecule has 3 heteroatoms. The highest BCUT2D eigenvalue weighted by molar-refractivity contribution is 5.53. The van der Waals surface area contributed by atoms with Crippen molar-refractivity contribution in [2.75, 3.05) is 14.2 Å². The van der Waals surface area contributed by atoms with Crippen LogP contribution in [0.4, 0.5) is 0 Å². The van der Waals surface area contributed by atoms with Crippen molar-refractivity contribution >= 4 is 0 Å². The minimum Gasteiger partial charge on any atom is -0.496 e. The molecule has 0 unspecified atom stereocenters. The van der Waals surface area contributed by atoms with Crippen molar-refractivity contribution in [3.8, 4) is 11.5 Å². The first-order valence-corrected chi connectivity index (χ1v) is 6.63. The van der Waals surface area contributed by atoms with Crippen LogP contribution in [0.1, 0.15) is 43.2 Å². The van der Waals surface area contributed by atoms with Crippen molar-refractivity contribution in [3.05, 3.63) is 23.3 Å². The lowest BCUT2D eigenvalue weighted by Gasteiger charge is -2.36. The summed E-state index contributed by atoms with van der Waals surface area (Å²) in [5.74, 6) is 1.74. The van der Waals surface area contributed by atoms with Crippen LogP contribution in [-0.2, 0) is 5.54 Å². The molecule has 0 bridgehead atoms. The van der Waals surface area contributed by atoms with Crippen molar-refractivity contribution in [2.45, 2.75) is 44.6 Å². The highest BCUT2D eigenvalue weighted by Gasteiger charge is 2.35. The molecular weight excluding hydrogens is 226 g/mol. The summed E-state index contributed by atoms with van der Waals surface area (Å²) in [7, 11) is 3.40. The third kappa shape index (κ3) is 2.19. The van der Waals surface area contributed by atoms with E-state index in [0.29, 0.717) is 0 Å². The largest absolute Gasteiger partial charge is 0.496 e. The Morgan fingerprint density at radius 1 is 1.06 bits per heavy atom. The molecule has 18 heavy (non-hydrogen) atoms. The van der Waals surface area contributed by atoms with Gasteiger partial charge in [-0.3, -0.25) is 0 Å². The van der Waals surface area contributed by atoms with Gasteiger partial charge in [-0.15, -0.1) is 0 Å². The van der Waals surface area contributed by atoms with Crippen LogP contribution in [0.3, 0.4) is 0 Å². The van der Waals surface area contributed by atoms with E-state index in [9.17, 15) is 0 Å². The van der Waals surface area contributed by atoms with Gasteiger partial charge in [-0.2, -0.15) is 0 Å². The maximum atomic E-state index is 6.64. The molecule has 0 atom stereocenters. The van der Waals surface area contributed by atoms with Crippen LogP contribution in [0.2, 0.25) is 0 Å². The molecule has 1 saturated carbocycles. The van der Waals surface area contributed by atoms with Gasteiger partial charge in [-0.1, -0.05) is 25.3 Å². The Bertz CT molecular complexity index is 423. The Labute approximate surface area is 109 Å². The number of nitrogens with two attached hydrogens (primary N) is 1. The number of ether oxygens (including phenoxy) is 2. The maximum absolute atomic E-state index is 6.64. The monoisotopic (exact) mass is 249 g/mol. The summed E-state index contributed by atoms with van der Waals surface area (Å²) in [6, 6.07) is 4.02. The Morgan fingerprint density at radius 3 is 2.28 bits per heavy atom. The van der Waals surface area contributed by atoms with Gasteiger partial charge < -0.3 is 15.2 Å². The minimum atomic E-state index is -0.305. The molecule has 0 amide bonds. The molecule has 2 rings (SSSR count). The second kappa shape index (κ2) is 5.19. The fourth-order valence-electron chi connectivity index (χ4n) is 3.01. The standard InChI is InChI=1S/C15H23NO2/c1-11-7-8-12(17-2)13(14(11)18-3)15(16)9-5-4-6-10-15/h7-8H,4-6,9-10,16H2,1-3H3. The van der Waals surface area contributed by atoms with E-state index in [1.807, 2.05) is 19.1 Å². The number of benzene rings is 1. The van der Waals surface area contributed by atoms with E-state index in [1.54, 1.807) is 14.2 Å². The van der Waals surface area contributed by atoms with E-state index in [2.05, 4.69) is 0 Å². The summed E-state index contributed by atoms with van der Waals surface area (Å²) in [5.41, 5.74) is 8.50. The van der Waals surface area contributed by atoms with Gasteiger partial charge in [0, 0.05) is 5.54 Å². The van der Waals surface area contributed by atoms with E-state index in [0.717, 1.165) is 35.5 Å². The van der Waals surface area contributed by atoms with Crippen LogP contribution in [0, 0.1) is 6.92 Å². The van der Waals surface area contributed by atoms with Crippen LogP contribution in [0.5, 0.6) is 11.5 Å². The molecule has 1 aliphatic carbocycles. The van der Waals surface area contributed by atoms with E-state index < -0.39 is 0 Å². The lowest BCUT2D eigenvalue weighted by atomic mass is 9.76. The summed E-state index contributed by atoms with van der Waals surface area (Å²) in [6.07, 6.45) is 5.63. The van der Waals surface area contributed by atoms with Crippen LogP contribution in [-0.4, -0.2) is 14.2 Å². The number of methoxy groups -OCH3 is 2. The fourth-order valence-corrected chi connectivity index (χ4v) is 3.01. The Balaban J connectivity index is 2.55. The average molecular weight is 249 g/mol. The van der Waals surface area contributed by atoms with E-state index in [-0.39, 0.29) is 5.54 Å². The molecule has 0 spiro atoms. The molecule has 2 N–H and O–H groups in total. The fraction of sp³-hybridized carbons (Fsp3) is 0.600. The molecule has 0 saturated heterocycles. The van der Waals surface area contributed by atoms with Gasteiger partial charge in [0.1, 0.15) is 11.5 Å². The third-order valence-corrected chi connectivity index (χ3v) is 3.98. The predicted octanol–water partition coefficient (Wildman–Crippen LogP) is 3.13. The molecule has 1 aliphatic rings. The summed E-state index contributed by atoms with van der Waals surface area (Å²) in [4.78, 5) is 0. The zero-order valence-corrected chi connectivity index (χ0v) is 11.6. The van der Waals surface area contributed by atoms with E-state index >= 15 is 0 Å². The van der Waals surface area contributed by atoms with Crippen LogP contribution in [0.25, 0.3) is 0 Å². The van der Waals surface area contributed by atoms with Gasteiger partial charge in [0.15, 0.2) is 0 Å². The molecule has 1 fully saturated rings. The molecule has 3 nitrogen and oxygen atoms in total. The topological polar surface area (TPSA) is 44.5 Å². The van der Waals surface area contributed by atoms with Gasteiger partial charge in [0.2, 0.25) is 0 Å². The third-order valence-electron chi connectivity index (χ3n) is 3.98. The molecule has 0 aliphatic heterocycles. The Kier molecular flexibility index (Phi) is 3.81. The summed E-state index contributed by atoms with van der Waals surface area (Å²) < 4.78 is 11.1. The van der Waals surface area contributed by atoms with Crippen molar-refractivity contribution in [1.29, 1.82) is 0 Å². The predicted molar refractivity (Wildman–Crippen MR) is 73.2 cm³/mol. The highest BCUT2D eigenvalue weighted by Crippen LogP contribution is 2.45. The lowest BCUT2D eigenvalue weighted by Crippen LogP contribution is -2.39.